The number of rotatable bonds is 7. The summed E-state index contributed by atoms with van der Waals surface area (Å²) in [5, 5.41) is 3.07. The number of hydrogen-bond donors (Lipinski definition) is 1. The summed E-state index contributed by atoms with van der Waals surface area (Å²) in [7, 11) is 1.94. The monoisotopic (exact) mass is 340 g/mol. The summed E-state index contributed by atoms with van der Waals surface area (Å²) >= 11 is 0. The summed E-state index contributed by atoms with van der Waals surface area (Å²) in [6, 6.07) is 13.6. The van der Waals surface area contributed by atoms with E-state index in [9.17, 15) is 4.79 Å². The zero-order valence-corrected chi connectivity index (χ0v) is 15.8. The van der Waals surface area contributed by atoms with Gasteiger partial charge in [0.25, 0.3) is 0 Å². The van der Waals surface area contributed by atoms with Crippen molar-refractivity contribution in [3.63, 3.8) is 0 Å². The minimum atomic E-state index is -0.237. The molecular formula is C21H28N2O2. The SMILES string of the molecule is Cc1cc(C)c(NC(=O)[C@@H](C)N(C)CCOc2ccccc2)c(C)c1. The molecule has 25 heavy (non-hydrogen) atoms. The van der Waals surface area contributed by atoms with Crippen molar-refractivity contribution in [2.24, 2.45) is 0 Å². The summed E-state index contributed by atoms with van der Waals surface area (Å²) in [4.78, 5) is 14.6. The number of amides is 1. The molecule has 0 saturated heterocycles. The van der Waals surface area contributed by atoms with Crippen molar-refractivity contribution >= 4 is 11.6 Å². The minimum Gasteiger partial charge on any atom is -0.492 e. The lowest BCUT2D eigenvalue weighted by atomic mass is 10.0. The van der Waals surface area contributed by atoms with Crippen LogP contribution in [0.25, 0.3) is 0 Å². The lowest BCUT2D eigenvalue weighted by molar-refractivity contribution is -0.120. The normalized spacial score (nSPS) is 12.1. The van der Waals surface area contributed by atoms with Crippen LogP contribution in [-0.2, 0) is 4.79 Å². The van der Waals surface area contributed by atoms with Crippen LogP contribution in [0.1, 0.15) is 23.6 Å². The van der Waals surface area contributed by atoms with Crippen molar-refractivity contribution < 1.29 is 9.53 Å². The zero-order valence-electron chi connectivity index (χ0n) is 15.8. The molecule has 0 bridgehead atoms. The Morgan fingerprint density at radius 3 is 2.32 bits per heavy atom. The molecule has 0 aromatic heterocycles. The van der Waals surface area contributed by atoms with E-state index in [1.807, 2.05) is 63.1 Å². The van der Waals surface area contributed by atoms with E-state index >= 15 is 0 Å². The molecule has 0 aliphatic rings. The van der Waals surface area contributed by atoms with E-state index < -0.39 is 0 Å². The highest BCUT2D eigenvalue weighted by Gasteiger charge is 2.19. The molecule has 0 heterocycles. The van der Waals surface area contributed by atoms with Gasteiger partial charge in [-0.1, -0.05) is 35.9 Å². The van der Waals surface area contributed by atoms with Gasteiger partial charge in [0.15, 0.2) is 0 Å². The molecular weight excluding hydrogens is 312 g/mol. The van der Waals surface area contributed by atoms with Gasteiger partial charge in [-0.05, 0) is 58.0 Å². The maximum Gasteiger partial charge on any atom is 0.241 e. The van der Waals surface area contributed by atoms with Gasteiger partial charge in [-0.2, -0.15) is 0 Å². The van der Waals surface area contributed by atoms with Gasteiger partial charge in [-0.3, -0.25) is 9.69 Å². The van der Waals surface area contributed by atoms with Crippen LogP contribution >= 0.6 is 0 Å². The standard InChI is InChI=1S/C21H28N2O2/c1-15-13-16(2)20(17(3)14-15)22-21(24)18(4)23(5)11-12-25-19-9-7-6-8-10-19/h6-10,13-14,18H,11-12H2,1-5H3,(H,22,24)/t18-/m1/s1. The molecule has 2 aromatic rings. The van der Waals surface area contributed by atoms with E-state index in [2.05, 4.69) is 24.4 Å². The quantitative estimate of drug-likeness (QED) is 0.830. The Bertz CT molecular complexity index is 690. The van der Waals surface area contributed by atoms with Gasteiger partial charge >= 0.3 is 0 Å². The first kappa shape index (κ1) is 19.0. The van der Waals surface area contributed by atoms with Gasteiger partial charge in [0.1, 0.15) is 12.4 Å². The highest BCUT2D eigenvalue weighted by atomic mass is 16.5. The Balaban J connectivity index is 1.88. The van der Waals surface area contributed by atoms with Crippen LogP contribution in [0.15, 0.2) is 42.5 Å². The number of aryl methyl sites for hydroxylation is 3. The highest BCUT2D eigenvalue weighted by molar-refractivity contribution is 5.95. The summed E-state index contributed by atoms with van der Waals surface area (Å²) in [6.45, 7) is 9.25. The molecule has 0 unspecified atom stereocenters. The zero-order chi connectivity index (χ0) is 18.4. The van der Waals surface area contributed by atoms with E-state index in [-0.39, 0.29) is 11.9 Å². The number of likely N-dealkylation sites (N-methyl/N-ethyl adjacent to an activating group) is 1. The average molecular weight is 340 g/mol. The van der Waals surface area contributed by atoms with Crippen LogP contribution in [0.4, 0.5) is 5.69 Å². The van der Waals surface area contributed by atoms with Gasteiger partial charge in [0, 0.05) is 12.2 Å². The van der Waals surface area contributed by atoms with Crippen molar-refractivity contribution in [3.8, 4) is 5.75 Å². The van der Waals surface area contributed by atoms with Crippen molar-refractivity contribution in [1.82, 2.24) is 4.90 Å². The molecule has 134 valence electrons. The van der Waals surface area contributed by atoms with Gasteiger partial charge in [0.2, 0.25) is 5.91 Å². The molecule has 0 aliphatic carbocycles. The van der Waals surface area contributed by atoms with Crippen LogP contribution in [0.2, 0.25) is 0 Å². The smallest absolute Gasteiger partial charge is 0.241 e. The Hall–Kier alpha value is -2.33. The third kappa shape index (κ3) is 5.33. The number of nitrogens with zero attached hydrogens (tertiary/aromatic N) is 1. The van der Waals surface area contributed by atoms with Crippen LogP contribution in [0.3, 0.4) is 0 Å². The Labute approximate surface area is 150 Å². The van der Waals surface area contributed by atoms with Gasteiger partial charge in [0.05, 0.1) is 6.04 Å². The first-order valence-electron chi connectivity index (χ1n) is 8.65. The maximum atomic E-state index is 12.6. The molecule has 0 spiro atoms. The van der Waals surface area contributed by atoms with Crippen molar-refractivity contribution in [2.75, 3.05) is 25.5 Å². The number of hydrogen-bond acceptors (Lipinski definition) is 3. The molecule has 0 aliphatic heterocycles. The van der Waals surface area contributed by atoms with E-state index in [4.69, 9.17) is 4.74 Å². The first-order valence-corrected chi connectivity index (χ1v) is 8.65. The van der Waals surface area contributed by atoms with Crippen LogP contribution < -0.4 is 10.1 Å². The second-order valence-electron chi connectivity index (χ2n) is 6.58. The van der Waals surface area contributed by atoms with Crippen LogP contribution in [-0.4, -0.2) is 37.0 Å². The first-order chi connectivity index (χ1) is 11.9. The molecule has 0 radical (unpaired) electrons. The van der Waals surface area contributed by atoms with E-state index in [0.717, 1.165) is 22.6 Å². The van der Waals surface area contributed by atoms with Gasteiger partial charge in [-0.25, -0.2) is 0 Å². The van der Waals surface area contributed by atoms with E-state index in [1.54, 1.807) is 0 Å². The number of carbonyl (C=O) groups is 1. The molecule has 0 fully saturated rings. The number of nitrogens with one attached hydrogen (secondary N) is 1. The number of benzene rings is 2. The predicted molar refractivity (Wildman–Crippen MR) is 103 cm³/mol. The summed E-state index contributed by atoms with van der Waals surface area (Å²) in [5.74, 6) is 0.844. The third-order valence-corrected chi connectivity index (χ3v) is 4.42. The Morgan fingerprint density at radius 2 is 1.72 bits per heavy atom. The molecule has 1 N–H and O–H groups in total. The number of ether oxygens (including phenoxy) is 1. The summed E-state index contributed by atoms with van der Waals surface area (Å²) < 4.78 is 5.70. The summed E-state index contributed by atoms with van der Waals surface area (Å²) in [6.07, 6.45) is 0. The molecule has 0 saturated carbocycles. The van der Waals surface area contributed by atoms with Crippen LogP contribution in [0.5, 0.6) is 5.75 Å². The molecule has 1 atom stereocenters. The third-order valence-electron chi connectivity index (χ3n) is 4.42. The fourth-order valence-electron chi connectivity index (χ4n) is 2.82. The van der Waals surface area contributed by atoms with Gasteiger partial charge < -0.3 is 10.1 Å². The second kappa shape index (κ2) is 8.67. The average Bonchev–Trinajstić information content (AvgIpc) is 2.58. The number of carbonyl (C=O) groups excluding carboxylic acids is 1. The van der Waals surface area contributed by atoms with Crippen LogP contribution in [0, 0.1) is 20.8 Å². The molecule has 2 aromatic carbocycles. The Morgan fingerprint density at radius 1 is 1.12 bits per heavy atom. The lowest BCUT2D eigenvalue weighted by Crippen LogP contribution is -2.41. The van der Waals surface area contributed by atoms with E-state index in [1.165, 1.54) is 5.56 Å². The fraction of sp³-hybridized carbons (Fsp3) is 0.381. The van der Waals surface area contributed by atoms with Gasteiger partial charge in [-0.15, -0.1) is 0 Å². The largest absolute Gasteiger partial charge is 0.492 e. The fourth-order valence-corrected chi connectivity index (χ4v) is 2.82. The number of para-hydroxylation sites is 1. The summed E-state index contributed by atoms with van der Waals surface area (Å²) in [5.41, 5.74) is 4.30. The number of anilines is 1. The van der Waals surface area contributed by atoms with Crippen molar-refractivity contribution in [2.45, 2.75) is 33.7 Å². The Kier molecular flexibility index (Phi) is 6.59. The second-order valence-corrected chi connectivity index (χ2v) is 6.58. The lowest BCUT2D eigenvalue weighted by Gasteiger charge is -2.24. The van der Waals surface area contributed by atoms with Crippen molar-refractivity contribution in [3.05, 3.63) is 59.2 Å². The minimum absolute atomic E-state index is 0.00253. The molecule has 4 nitrogen and oxygen atoms in total. The molecule has 1 amide bonds. The highest BCUT2D eigenvalue weighted by Crippen LogP contribution is 2.22. The topological polar surface area (TPSA) is 41.6 Å². The predicted octanol–water partition coefficient (Wildman–Crippen LogP) is 3.95. The molecule has 2 rings (SSSR count). The molecule has 4 heteroatoms. The van der Waals surface area contributed by atoms with E-state index in [0.29, 0.717) is 13.2 Å². The van der Waals surface area contributed by atoms with Crippen molar-refractivity contribution in [1.29, 1.82) is 0 Å². The maximum absolute atomic E-state index is 12.6.